The molecule has 0 fully saturated rings. The van der Waals surface area contributed by atoms with Crippen molar-refractivity contribution in [2.75, 3.05) is 21.1 Å². The van der Waals surface area contributed by atoms with Gasteiger partial charge in [-0.1, -0.05) is 49.2 Å². The first-order chi connectivity index (χ1) is 8.94. The second-order valence-electron chi connectivity index (χ2n) is 5.07. The lowest BCUT2D eigenvalue weighted by Gasteiger charge is -2.45. The van der Waals surface area contributed by atoms with E-state index < -0.39 is 0 Å². The van der Waals surface area contributed by atoms with Crippen LogP contribution in [0.4, 0.5) is 0 Å². The average molecular weight is 303 g/mol. The molecule has 0 saturated heterocycles. The molecule has 0 aromatic heterocycles. The molecule has 1 aromatic rings. The standard InChI is InChI=1S/C15H24Cl2N2/c1-6-15(7-2,19(4)5)14(18-3)11-9-8-10-12(16)13(11)17/h8-10,14,18H,6-7H2,1-5H3. The number of hydrogen-bond donors (Lipinski definition) is 1. The molecule has 1 aromatic carbocycles. The second-order valence-corrected chi connectivity index (χ2v) is 5.86. The van der Waals surface area contributed by atoms with Crippen molar-refractivity contribution in [2.45, 2.75) is 38.3 Å². The molecule has 108 valence electrons. The molecule has 19 heavy (non-hydrogen) atoms. The van der Waals surface area contributed by atoms with Gasteiger partial charge in [-0.15, -0.1) is 0 Å². The monoisotopic (exact) mass is 302 g/mol. The van der Waals surface area contributed by atoms with Gasteiger partial charge in [-0.3, -0.25) is 0 Å². The van der Waals surface area contributed by atoms with Crippen LogP contribution in [0.25, 0.3) is 0 Å². The second kappa shape index (κ2) is 6.94. The Kier molecular flexibility index (Phi) is 6.13. The molecule has 4 heteroatoms. The van der Waals surface area contributed by atoms with Gasteiger partial charge in [-0.25, -0.2) is 0 Å². The normalized spacial score (nSPS) is 13.9. The zero-order chi connectivity index (χ0) is 14.6. The van der Waals surface area contributed by atoms with Crippen LogP contribution in [0.3, 0.4) is 0 Å². The summed E-state index contributed by atoms with van der Waals surface area (Å²) in [6.45, 7) is 4.43. The maximum Gasteiger partial charge on any atom is 0.0640 e. The fraction of sp³-hybridized carbons (Fsp3) is 0.600. The van der Waals surface area contributed by atoms with E-state index in [2.05, 4.69) is 44.2 Å². The van der Waals surface area contributed by atoms with E-state index in [1.165, 1.54) is 0 Å². The lowest BCUT2D eigenvalue weighted by Crippen LogP contribution is -2.52. The van der Waals surface area contributed by atoms with E-state index in [0.717, 1.165) is 18.4 Å². The molecule has 1 atom stereocenters. The van der Waals surface area contributed by atoms with Crippen molar-refractivity contribution in [3.8, 4) is 0 Å². The summed E-state index contributed by atoms with van der Waals surface area (Å²) in [4.78, 5) is 2.28. The van der Waals surface area contributed by atoms with E-state index in [0.29, 0.717) is 10.0 Å². The van der Waals surface area contributed by atoms with Crippen LogP contribution in [-0.4, -0.2) is 31.6 Å². The minimum Gasteiger partial charge on any atom is -0.311 e. The summed E-state index contributed by atoms with van der Waals surface area (Å²) in [6.07, 6.45) is 2.07. The van der Waals surface area contributed by atoms with E-state index in [9.17, 15) is 0 Å². The molecule has 0 amide bonds. The van der Waals surface area contributed by atoms with Gasteiger partial charge >= 0.3 is 0 Å². The summed E-state index contributed by atoms with van der Waals surface area (Å²) in [5.41, 5.74) is 1.08. The highest BCUT2D eigenvalue weighted by atomic mass is 35.5. The van der Waals surface area contributed by atoms with Crippen LogP contribution < -0.4 is 5.32 Å². The topological polar surface area (TPSA) is 15.3 Å². The Morgan fingerprint density at radius 1 is 1.21 bits per heavy atom. The third kappa shape index (κ3) is 3.08. The van der Waals surface area contributed by atoms with Crippen molar-refractivity contribution in [3.05, 3.63) is 33.8 Å². The highest BCUT2D eigenvalue weighted by Crippen LogP contribution is 2.40. The summed E-state index contributed by atoms with van der Waals surface area (Å²) < 4.78 is 0. The summed E-state index contributed by atoms with van der Waals surface area (Å²) >= 11 is 12.6. The first kappa shape index (κ1) is 16.8. The third-order valence-corrected chi connectivity index (χ3v) is 5.07. The lowest BCUT2D eigenvalue weighted by atomic mass is 9.79. The molecule has 0 bridgehead atoms. The van der Waals surface area contributed by atoms with Crippen LogP contribution in [0.5, 0.6) is 0 Å². The van der Waals surface area contributed by atoms with Gasteiger partial charge in [0.05, 0.1) is 16.1 Å². The first-order valence-corrected chi connectivity index (χ1v) is 7.48. The van der Waals surface area contributed by atoms with Gasteiger partial charge in [0, 0.05) is 5.54 Å². The molecule has 1 unspecified atom stereocenters. The number of hydrogen-bond acceptors (Lipinski definition) is 2. The zero-order valence-electron chi connectivity index (χ0n) is 12.4. The maximum absolute atomic E-state index is 6.40. The van der Waals surface area contributed by atoms with E-state index in [1.807, 2.05) is 19.2 Å². The van der Waals surface area contributed by atoms with E-state index >= 15 is 0 Å². The van der Waals surface area contributed by atoms with Gasteiger partial charge in [0.1, 0.15) is 0 Å². The minimum atomic E-state index is 0.0169. The van der Waals surface area contributed by atoms with Crippen molar-refractivity contribution >= 4 is 23.2 Å². The summed E-state index contributed by atoms with van der Waals surface area (Å²) in [6, 6.07) is 5.98. The fourth-order valence-corrected chi connectivity index (χ4v) is 3.42. The van der Waals surface area contributed by atoms with Crippen LogP contribution in [-0.2, 0) is 0 Å². The Hall–Kier alpha value is -0.280. The largest absolute Gasteiger partial charge is 0.311 e. The summed E-state index contributed by atoms with van der Waals surface area (Å²) in [5.74, 6) is 0. The molecule has 0 spiro atoms. The SMILES string of the molecule is CCC(CC)(C(NC)c1cccc(Cl)c1Cl)N(C)C. The quantitative estimate of drug-likeness (QED) is 0.839. The van der Waals surface area contributed by atoms with Gasteiger partial charge in [-0.05, 0) is 45.6 Å². The van der Waals surface area contributed by atoms with Gasteiger partial charge in [0.2, 0.25) is 0 Å². The predicted octanol–water partition coefficient (Wildman–Crippen LogP) is 4.37. The number of rotatable bonds is 6. The molecule has 0 heterocycles. The smallest absolute Gasteiger partial charge is 0.0640 e. The van der Waals surface area contributed by atoms with E-state index in [-0.39, 0.29) is 11.6 Å². The highest BCUT2D eigenvalue weighted by molar-refractivity contribution is 6.42. The van der Waals surface area contributed by atoms with E-state index in [4.69, 9.17) is 23.2 Å². The number of benzene rings is 1. The molecule has 0 aliphatic rings. The number of halogens is 2. The predicted molar refractivity (Wildman–Crippen MR) is 85.3 cm³/mol. The number of nitrogens with one attached hydrogen (secondary N) is 1. The molecule has 2 nitrogen and oxygen atoms in total. The first-order valence-electron chi connectivity index (χ1n) is 6.73. The van der Waals surface area contributed by atoms with Gasteiger partial charge in [0.15, 0.2) is 0 Å². The molecule has 1 N–H and O–H groups in total. The van der Waals surface area contributed by atoms with Crippen molar-refractivity contribution in [3.63, 3.8) is 0 Å². The Labute approximate surface area is 127 Å². The molecule has 1 rings (SSSR count). The summed E-state index contributed by atoms with van der Waals surface area (Å²) in [5, 5.41) is 4.69. The van der Waals surface area contributed by atoms with Gasteiger partial charge in [0.25, 0.3) is 0 Å². The highest BCUT2D eigenvalue weighted by Gasteiger charge is 2.38. The van der Waals surface area contributed by atoms with Crippen LogP contribution in [0, 0.1) is 0 Å². The summed E-state index contributed by atoms with van der Waals surface area (Å²) in [7, 11) is 6.22. The Morgan fingerprint density at radius 2 is 1.79 bits per heavy atom. The van der Waals surface area contributed by atoms with Crippen molar-refractivity contribution in [2.24, 2.45) is 0 Å². The average Bonchev–Trinajstić information content (AvgIpc) is 2.39. The molecular formula is C15H24Cl2N2. The van der Waals surface area contributed by atoms with Crippen molar-refractivity contribution in [1.82, 2.24) is 10.2 Å². The van der Waals surface area contributed by atoms with Crippen LogP contribution >= 0.6 is 23.2 Å². The molecular weight excluding hydrogens is 279 g/mol. The molecule has 0 aliphatic carbocycles. The van der Waals surface area contributed by atoms with Crippen molar-refractivity contribution < 1.29 is 0 Å². The number of nitrogens with zero attached hydrogens (tertiary/aromatic N) is 1. The maximum atomic E-state index is 6.40. The Morgan fingerprint density at radius 3 is 2.21 bits per heavy atom. The van der Waals surface area contributed by atoms with E-state index in [1.54, 1.807) is 0 Å². The Bertz CT molecular complexity index is 415. The lowest BCUT2D eigenvalue weighted by molar-refractivity contribution is 0.0918. The molecule has 0 radical (unpaired) electrons. The minimum absolute atomic E-state index is 0.0169. The van der Waals surface area contributed by atoms with Gasteiger partial charge < -0.3 is 10.2 Å². The van der Waals surface area contributed by atoms with Gasteiger partial charge in [-0.2, -0.15) is 0 Å². The van der Waals surface area contributed by atoms with Crippen LogP contribution in [0.2, 0.25) is 10.0 Å². The zero-order valence-corrected chi connectivity index (χ0v) is 13.9. The number of likely N-dealkylation sites (N-methyl/N-ethyl adjacent to an activating group) is 2. The molecule has 0 aliphatic heterocycles. The fourth-order valence-electron chi connectivity index (χ4n) is 3.01. The van der Waals surface area contributed by atoms with Crippen molar-refractivity contribution in [1.29, 1.82) is 0 Å². The van der Waals surface area contributed by atoms with Crippen LogP contribution in [0.15, 0.2) is 18.2 Å². The van der Waals surface area contributed by atoms with Crippen LogP contribution in [0.1, 0.15) is 38.3 Å². The Balaban J connectivity index is 3.36. The molecule has 0 saturated carbocycles. The third-order valence-electron chi connectivity index (χ3n) is 4.23.